The van der Waals surface area contributed by atoms with Gasteiger partial charge in [0.1, 0.15) is 11.4 Å². The largest absolute Gasteiger partial charge is 0.504 e. The lowest BCUT2D eigenvalue weighted by atomic mass is 10.1. The number of rotatable bonds is 4. The number of alkyl halides is 3. The van der Waals surface area contributed by atoms with Crippen molar-refractivity contribution in [2.24, 2.45) is 0 Å². The summed E-state index contributed by atoms with van der Waals surface area (Å²) in [7, 11) is 1.44. The molecule has 0 radical (unpaired) electrons. The zero-order valence-corrected chi connectivity index (χ0v) is 15.9. The van der Waals surface area contributed by atoms with E-state index in [1.54, 1.807) is 42.6 Å². The molecule has 0 spiro atoms. The molecule has 2 aromatic heterocycles. The van der Waals surface area contributed by atoms with Crippen molar-refractivity contribution in [1.29, 1.82) is 0 Å². The summed E-state index contributed by atoms with van der Waals surface area (Å²) in [5.41, 5.74) is 1.56. The molecule has 0 saturated carbocycles. The fourth-order valence-corrected chi connectivity index (χ4v) is 3.00. The molecule has 4 rings (SSSR count). The van der Waals surface area contributed by atoms with Crippen molar-refractivity contribution in [3.05, 3.63) is 66.1 Å². The molecule has 4 aromatic rings. The average molecular weight is 415 g/mol. The van der Waals surface area contributed by atoms with Crippen LogP contribution < -0.4 is 4.74 Å². The molecule has 2 aromatic carbocycles. The average Bonchev–Trinajstić information content (AvgIpc) is 3.35. The van der Waals surface area contributed by atoms with Gasteiger partial charge in [0.25, 0.3) is 0 Å². The van der Waals surface area contributed by atoms with Gasteiger partial charge in [-0.1, -0.05) is 17.3 Å². The lowest BCUT2D eigenvalue weighted by Gasteiger charge is -2.10. The summed E-state index contributed by atoms with van der Waals surface area (Å²) in [4.78, 5) is 0. The molecule has 2 heterocycles. The van der Waals surface area contributed by atoms with Crippen molar-refractivity contribution >= 4 is 0 Å². The summed E-state index contributed by atoms with van der Waals surface area (Å²) in [6.07, 6.45) is -2.84. The molecular weight excluding hydrogens is 399 g/mol. The molecule has 0 bridgehead atoms. The van der Waals surface area contributed by atoms with Gasteiger partial charge in [0.15, 0.2) is 11.5 Å². The van der Waals surface area contributed by atoms with Crippen LogP contribution in [0, 0.1) is 6.92 Å². The molecule has 0 aliphatic carbocycles. The number of ether oxygens (including phenoxy) is 1. The number of benzene rings is 2. The Morgan fingerprint density at radius 1 is 1.00 bits per heavy atom. The van der Waals surface area contributed by atoms with Crippen LogP contribution in [0.5, 0.6) is 11.5 Å². The van der Waals surface area contributed by atoms with Crippen molar-refractivity contribution in [2.45, 2.75) is 13.1 Å². The Bertz CT molecular complexity index is 1200. The molecule has 0 unspecified atom stereocenters. The summed E-state index contributed by atoms with van der Waals surface area (Å²) in [5, 5.41) is 21.8. The lowest BCUT2D eigenvalue weighted by Crippen LogP contribution is -2.13. The van der Waals surface area contributed by atoms with Crippen molar-refractivity contribution < 1.29 is 23.0 Å². The van der Waals surface area contributed by atoms with E-state index >= 15 is 0 Å². The fourth-order valence-electron chi connectivity index (χ4n) is 3.00. The highest BCUT2D eigenvalue weighted by molar-refractivity contribution is 5.60. The van der Waals surface area contributed by atoms with Gasteiger partial charge in [0, 0.05) is 11.6 Å². The second-order valence-electron chi connectivity index (χ2n) is 6.53. The molecule has 0 fully saturated rings. The minimum absolute atomic E-state index is 0.00395. The maximum atomic E-state index is 13.2. The molecule has 1 N–H and O–H groups in total. The van der Waals surface area contributed by atoms with Gasteiger partial charge in [0.05, 0.1) is 30.4 Å². The highest BCUT2D eigenvalue weighted by Crippen LogP contribution is 2.32. The first-order valence-corrected chi connectivity index (χ1v) is 8.80. The van der Waals surface area contributed by atoms with E-state index in [9.17, 15) is 18.3 Å². The van der Waals surface area contributed by atoms with Crippen LogP contribution in [0.2, 0.25) is 0 Å². The van der Waals surface area contributed by atoms with Crippen LogP contribution >= 0.6 is 0 Å². The Balaban J connectivity index is 1.64. The lowest BCUT2D eigenvalue weighted by molar-refractivity contribution is -0.142. The van der Waals surface area contributed by atoms with Crippen LogP contribution in [0.3, 0.4) is 0 Å². The van der Waals surface area contributed by atoms with Gasteiger partial charge in [-0.2, -0.15) is 18.3 Å². The van der Waals surface area contributed by atoms with Crippen LogP contribution in [0.4, 0.5) is 13.2 Å². The van der Waals surface area contributed by atoms with E-state index in [4.69, 9.17) is 4.74 Å². The first kappa shape index (κ1) is 19.5. The number of hydrogen-bond donors (Lipinski definition) is 1. The topological polar surface area (TPSA) is 78.0 Å². The molecule has 7 nitrogen and oxygen atoms in total. The Kier molecular flexibility index (Phi) is 4.69. The van der Waals surface area contributed by atoms with E-state index in [0.717, 1.165) is 10.7 Å². The van der Waals surface area contributed by atoms with Gasteiger partial charge in [-0.15, -0.1) is 5.10 Å². The highest BCUT2D eigenvalue weighted by atomic mass is 19.4. The summed E-state index contributed by atoms with van der Waals surface area (Å²) < 4.78 is 47.2. The smallest absolute Gasteiger partial charge is 0.433 e. The Hall–Kier alpha value is -3.82. The van der Waals surface area contributed by atoms with Gasteiger partial charge in [0.2, 0.25) is 0 Å². The Morgan fingerprint density at radius 2 is 1.70 bits per heavy atom. The third-order valence-corrected chi connectivity index (χ3v) is 4.45. The monoisotopic (exact) mass is 415 g/mol. The van der Waals surface area contributed by atoms with Crippen molar-refractivity contribution in [3.63, 3.8) is 0 Å². The standard InChI is InChI=1S/C20H16F3N5O2/c1-12-9-19(20(21,22)23)28(25-12)14-5-3-13(4-6-14)16-11-27(26-24-16)15-7-8-17(29)18(10-15)30-2/h3-11,29H,1-2H3. The van der Waals surface area contributed by atoms with E-state index < -0.39 is 11.9 Å². The first-order valence-electron chi connectivity index (χ1n) is 8.80. The summed E-state index contributed by atoms with van der Waals surface area (Å²) >= 11 is 0. The number of aryl methyl sites for hydroxylation is 1. The van der Waals surface area contributed by atoms with Gasteiger partial charge in [-0.05, 0) is 37.3 Å². The second kappa shape index (κ2) is 7.21. The maximum Gasteiger partial charge on any atom is 0.433 e. The molecular formula is C20H16F3N5O2. The normalized spacial score (nSPS) is 11.6. The minimum atomic E-state index is -4.51. The molecule has 0 aliphatic rings. The van der Waals surface area contributed by atoms with Crippen molar-refractivity contribution in [2.75, 3.05) is 7.11 Å². The molecule has 0 atom stereocenters. The van der Waals surface area contributed by atoms with Gasteiger partial charge in [-0.25, -0.2) is 9.36 Å². The zero-order valence-electron chi connectivity index (χ0n) is 15.9. The number of aromatic nitrogens is 5. The Labute approximate surface area is 169 Å². The number of aromatic hydroxyl groups is 1. The predicted molar refractivity (Wildman–Crippen MR) is 102 cm³/mol. The first-order chi connectivity index (χ1) is 14.3. The molecule has 0 amide bonds. The minimum Gasteiger partial charge on any atom is -0.504 e. The fraction of sp³-hybridized carbons (Fsp3) is 0.150. The van der Waals surface area contributed by atoms with E-state index in [2.05, 4.69) is 15.4 Å². The third kappa shape index (κ3) is 3.59. The van der Waals surface area contributed by atoms with Crippen LogP contribution in [0.1, 0.15) is 11.4 Å². The van der Waals surface area contributed by atoms with Crippen LogP contribution in [-0.4, -0.2) is 37.0 Å². The zero-order chi connectivity index (χ0) is 21.5. The number of methoxy groups -OCH3 is 1. The van der Waals surface area contributed by atoms with Crippen molar-refractivity contribution in [1.82, 2.24) is 24.8 Å². The van der Waals surface area contributed by atoms with Crippen LogP contribution in [0.15, 0.2) is 54.7 Å². The van der Waals surface area contributed by atoms with Gasteiger partial charge in [-0.3, -0.25) is 0 Å². The Morgan fingerprint density at radius 3 is 2.37 bits per heavy atom. The quantitative estimate of drug-likeness (QED) is 0.542. The van der Waals surface area contributed by atoms with Crippen LogP contribution in [0.25, 0.3) is 22.6 Å². The molecule has 10 heteroatoms. The predicted octanol–water partition coefficient (Wildman–Crippen LogP) is 4.16. The van der Waals surface area contributed by atoms with Crippen LogP contribution in [-0.2, 0) is 6.18 Å². The summed E-state index contributed by atoms with van der Waals surface area (Å²) in [6.45, 7) is 1.51. The van der Waals surface area contributed by atoms with E-state index in [1.165, 1.54) is 24.8 Å². The molecule has 0 saturated heterocycles. The van der Waals surface area contributed by atoms with Gasteiger partial charge < -0.3 is 9.84 Å². The molecule has 30 heavy (non-hydrogen) atoms. The van der Waals surface area contributed by atoms with E-state index in [-0.39, 0.29) is 17.1 Å². The van der Waals surface area contributed by atoms with Gasteiger partial charge >= 0.3 is 6.18 Å². The second-order valence-corrected chi connectivity index (χ2v) is 6.53. The maximum absolute atomic E-state index is 13.2. The number of phenolic OH excluding ortho intramolecular Hbond substituents is 1. The van der Waals surface area contributed by atoms with E-state index in [1.807, 2.05) is 0 Å². The van der Waals surface area contributed by atoms with Crippen molar-refractivity contribution in [3.8, 4) is 34.1 Å². The number of halogens is 3. The number of hydrogen-bond acceptors (Lipinski definition) is 5. The highest BCUT2D eigenvalue weighted by Gasteiger charge is 2.35. The third-order valence-electron chi connectivity index (χ3n) is 4.45. The SMILES string of the molecule is COc1cc(-n2cc(-c3ccc(-n4nc(C)cc4C(F)(F)F)cc3)nn2)ccc1O. The summed E-state index contributed by atoms with van der Waals surface area (Å²) in [6, 6.07) is 12.1. The number of phenols is 1. The molecule has 0 aliphatic heterocycles. The number of nitrogens with zero attached hydrogens (tertiary/aromatic N) is 5. The molecule has 154 valence electrons. The van der Waals surface area contributed by atoms with E-state index in [0.29, 0.717) is 22.7 Å². The summed E-state index contributed by atoms with van der Waals surface area (Å²) in [5.74, 6) is 0.299.